The topological polar surface area (TPSA) is 66.7 Å². The lowest BCUT2D eigenvalue weighted by Gasteiger charge is -2.04. The van der Waals surface area contributed by atoms with Gasteiger partial charge in [-0.05, 0) is 11.1 Å². The lowest BCUT2D eigenvalue weighted by atomic mass is 10.0. The molecule has 0 aliphatic rings. The second-order valence-electron chi connectivity index (χ2n) is 3.36. The Hall–Kier alpha value is -2.15. The van der Waals surface area contributed by atoms with E-state index in [-0.39, 0.29) is 6.42 Å². The third-order valence-corrected chi connectivity index (χ3v) is 2.17. The molecular weight excluding hydrogens is 206 g/mol. The highest BCUT2D eigenvalue weighted by Crippen LogP contribution is 2.09. The minimum absolute atomic E-state index is 0.106. The molecule has 0 heterocycles. The van der Waals surface area contributed by atoms with Crippen molar-refractivity contribution in [2.45, 2.75) is 18.9 Å². The zero-order valence-corrected chi connectivity index (χ0v) is 8.59. The van der Waals surface area contributed by atoms with Crippen LogP contribution >= 0.6 is 0 Å². The molecule has 0 aliphatic carbocycles. The van der Waals surface area contributed by atoms with Crippen molar-refractivity contribution in [1.29, 1.82) is 0 Å². The number of terminal acetylenes is 1. The first-order valence-corrected chi connectivity index (χ1v) is 4.74. The van der Waals surface area contributed by atoms with Crippen molar-refractivity contribution in [2.75, 3.05) is 0 Å². The molecule has 4 heteroatoms. The van der Waals surface area contributed by atoms with E-state index in [1.807, 2.05) is 12.1 Å². The Bertz CT molecular complexity index is 417. The van der Waals surface area contributed by atoms with E-state index in [0.29, 0.717) is 6.42 Å². The van der Waals surface area contributed by atoms with Gasteiger partial charge in [-0.3, -0.25) is 0 Å². The number of hydrogen-bond donors (Lipinski definition) is 1. The third-order valence-electron chi connectivity index (χ3n) is 2.17. The third kappa shape index (κ3) is 3.21. The summed E-state index contributed by atoms with van der Waals surface area (Å²) in [5, 5.41) is 11.2. The van der Waals surface area contributed by atoms with Crippen molar-refractivity contribution >= 4 is 5.97 Å². The predicted octanol–water partition coefficient (Wildman–Crippen LogP) is 1.62. The maximum atomic E-state index is 10.6. The number of nitroso groups, excluding NO2 is 1. The number of nitrogens with zero attached hydrogens (tertiary/aromatic N) is 1. The van der Waals surface area contributed by atoms with Crippen molar-refractivity contribution < 1.29 is 9.90 Å². The van der Waals surface area contributed by atoms with Gasteiger partial charge in [-0.1, -0.05) is 29.4 Å². The molecule has 0 saturated carbocycles. The Kier molecular flexibility index (Phi) is 4.22. The van der Waals surface area contributed by atoms with Gasteiger partial charge in [0, 0.05) is 12.8 Å². The summed E-state index contributed by atoms with van der Waals surface area (Å²) in [6.07, 6.45) is 5.80. The maximum Gasteiger partial charge on any atom is 0.332 e. The van der Waals surface area contributed by atoms with Crippen LogP contribution in [0.1, 0.15) is 11.1 Å². The van der Waals surface area contributed by atoms with Crippen LogP contribution < -0.4 is 0 Å². The summed E-state index contributed by atoms with van der Waals surface area (Å²) in [5.41, 5.74) is 1.74. The fraction of sp³-hybridized carbons (Fsp3) is 0.250. The van der Waals surface area contributed by atoms with Crippen molar-refractivity contribution in [1.82, 2.24) is 0 Å². The highest BCUT2D eigenvalue weighted by atomic mass is 16.4. The molecule has 16 heavy (non-hydrogen) atoms. The van der Waals surface area contributed by atoms with E-state index >= 15 is 0 Å². The fourth-order valence-corrected chi connectivity index (χ4v) is 1.30. The lowest BCUT2D eigenvalue weighted by Crippen LogP contribution is -2.19. The number of hydrogen-bond acceptors (Lipinski definition) is 3. The zero-order valence-electron chi connectivity index (χ0n) is 8.59. The summed E-state index contributed by atoms with van der Waals surface area (Å²) in [4.78, 5) is 20.8. The van der Waals surface area contributed by atoms with E-state index in [0.717, 1.165) is 11.1 Å². The van der Waals surface area contributed by atoms with Crippen LogP contribution in [0.15, 0.2) is 29.4 Å². The monoisotopic (exact) mass is 217 g/mol. The highest BCUT2D eigenvalue weighted by molar-refractivity contribution is 5.74. The summed E-state index contributed by atoms with van der Waals surface area (Å²) in [5.74, 6) is 1.31. The molecule has 1 atom stereocenters. The van der Waals surface area contributed by atoms with Crippen molar-refractivity contribution in [3.8, 4) is 12.3 Å². The minimum Gasteiger partial charge on any atom is -0.480 e. The normalized spacial score (nSPS) is 11.4. The van der Waals surface area contributed by atoms with Gasteiger partial charge in [-0.2, -0.15) is 0 Å². The van der Waals surface area contributed by atoms with Gasteiger partial charge >= 0.3 is 5.97 Å². The van der Waals surface area contributed by atoms with Crippen LogP contribution in [0.2, 0.25) is 0 Å². The first-order chi connectivity index (χ1) is 7.67. The molecule has 1 aromatic rings. The summed E-state index contributed by atoms with van der Waals surface area (Å²) in [6.45, 7) is 0. The van der Waals surface area contributed by atoms with Crippen molar-refractivity contribution in [3.63, 3.8) is 0 Å². The quantitative estimate of drug-likeness (QED) is 0.602. The number of benzene rings is 1. The molecule has 0 fully saturated rings. The molecule has 1 N–H and O–H groups in total. The van der Waals surface area contributed by atoms with Crippen molar-refractivity contribution in [2.24, 2.45) is 5.18 Å². The van der Waals surface area contributed by atoms with E-state index in [4.69, 9.17) is 11.5 Å². The molecule has 82 valence electrons. The number of rotatable bonds is 5. The molecule has 0 aromatic heterocycles. The second kappa shape index (κ2) is 5.66. The molecule has 1 rings (SSSR count). The Balaban J connectivity index is 2.71. The lowest BCUT2D eigenvalue weighted by molar-refractivity contribution is -0.138. The van der Waals surface area contributed by atoms with Gasteiger partial charge in [0.2, 0.25) is 0 Å². The summed E-state index contributed by atoms with van der Waals surface area (Å²) < 4.78 is 0. The number of carboxylic acids is 1. The van der Waals surface area contributed by atoms with Crippen LogP contribution in [-0.2, 0) is 17.6 Å². The number of aliphatic carboxylic acids is 1. The molecule has 0 amide bonds. The average Bonchev–Trinajstić information content (AvgIpc) is 2.28. The molecule has 0 aliphatic heterocycles. The van der Waals surface area contributed by atoms with Gasteiger partial charge in [0.25, 0.3) is 0 Å². The average molecular weight is 217 g/mol. The van der Waals surface area contributed by atoms with Crippen LogP contribution in [0, 0.1) is 17.3 Å². The van der Waals surface area contributed by atoms with Gasteiger partial charge in [0.15, 0.2) is 6.04 Å². The molecule has 0 bridgehead atoms. The molecule has 0 saturated heterocycles. The summed E-state index contributed by atoms with van der Waals surface area (Å²) in [7, 11) is 0. The van der Waals surface area contributed by atoms with E-state index in [9.17, 15) is 9.70 Å². The first kappa shape index (κ1) is 11.9. The second-order valence-corrected chi connectivity index (χ2v) is 3.36. The smallest absolute Gasteiger partial charge is 0.332 e. The van der Waals surface area contributed by atoms with Crippen LogP contribution in [0.5, 0.6) is 0 Å². The fourth-order valence-electron chi connectivity index (χ4n) is 1.30. The Morgan fingerprint density at radius 3 is 2.38 bits per heavy atom. The van der Waals surface area contributed by atoms with Crippen LogP contribution in [0.3, 0.4) is 0 Å². The largest absolute Gasteiger partial charge is 0.480 e. The van der Waals surface area contributed by atoms with Gasteiger partial charge in [-0.25, -0.2) is 4.79 Å². The van der Waals surface area contributed by atoms with Gasteiger partial charge < -0.3 is 5.11 Å². The molecular formula is C12H11NO3. The predicted molar refractivity (Wildman–Crippen MR) is 59.9 cm³/mol. The SMILES string of the molecule is C#CCc1ccc(C[C@H](N=O)C(=O)O)cc1. The first-order valence-electron chi connectivity index (χ1n) is 4.74. The molecule has 0 radical (unpaired) electrons. The minimum atomic E-state index is -1.22. The van der Waals surface area contributed by atoms with E-state index in [1.165, 1.54) is 0 Å². The molecule has 0 spiro atoms. The molecule has 1 aromatic carbocycles. The van der Waals surface area contributed by atoms with Crippen LogP contribution in [0.4, 0.5) is 0 Å². The Morgan fingerprint density at radius 2 is 1.94 bits per heavy atom. The van der Waals surface area contributed by atoms with Gasteiger partial charge in [0.05, 0.1) is 0 Å². The Morgan fingerprint density at radius 1 is 1.38 bits per heavy atom. The number of carboxylic acid groups (broad SMARTS) is 1. The number of carbonyl (C=O) groups is 1. The van der Waals surface area contributed by atoms with Crippen LogP contribution in [-0.4, -0.2) is 17.1 Å². The summed E-state index contributed by atoms with van der Waals surface area (Å²) in [6, 6.07) is 5.93. The molecule has 4 nitrogen and oxygen atoms in total. The van der Waals surface area contributed by atoms with Crippen molar-refractivity contribution in [3.05, 3.63) is 40.3 Å². The van der Waals surface area contributed by atoms with E-state index < -0.39 is 12.0 Å². The van der Waals surface area contributed by atoms with E-state index in [1.54, 1.807) is 12.1 Å². The zero-order chi connectivity index (χ0) is 12.0. The highest BCUT2D eigenvalue weighted by Gasteiger charge is 2.17. The standard InChI is InChI=1S/C12H11NO3/c1-2-3-9-4-6-10(7-5-9)8-11(13-16)12(14)15/h1,4-7,11H,3,8H2,(H,14,15)/t11-/m0/s1. The maximum absolute atomic E-state index is 10.6. The summed E-state index contributed by atoms with van der Waals surface area (Å²) >= 11 is 0. The van der Waals surface area contributed by atoms with Gasteiger partial charge in [0.1, 0.15) is 0 Å². The van der Waals surface area contributed by atoms with Crippen LogP contribution in [0.25, 0.3) is 0 Å². The Labute approximate surface area is 93.3 Å². The van der Waals surface area contributed by atoms with Gasteiger partial charge in [-0.15, -0.1) is 17.3 Å². The molecule has 0 unspecified atom stereocenters. The van der Waals surface area contributed by atoms with E-state index in [2.05, 4.69) is 11.1 Å².